The first-order chi connectivity index (χ1) is 13.6. The average Bonchev–Trinajstić information content (AvgIpc) is 3.42. The van der Waals surface area contributed by atoms with E-state index in [1.807, 2.05) is 6.92 Å². The van der Waals surface area contributed by atoms with Crippen LogP contribution in [0.15, 0.2) is 23.2 Å². The number of hydrogen-bond donors (Lipinski definition) is 2. The number of hydrogen-bond acceptors (Lipinski definition) is 3. The summed E-state index contributed by atoms with van der Waals surface area (Å²) in [6, 6.07) is 5.50. The Hall–Kier alpha value is -0.640. The summed E-state index contributed by atoms with van der Waals surface area (Å²) in [5.41, 5.74) is 0.627. The molecule has 0 bridgehead atoms. The molecule has 1 aromatic carbocycles. The normalized spacial score (nSPS) is 22.8. The van der Waals surface area contributed by atoms with Crippen LogP contribution in [0.2, 0.25) is 5.02 Å². The summed E-state index contributed by atoms with van der Waals surface area (Å²) < 4.78 is 19.3. The highest BCUT2D eigenvalue weighted by atomic mass is 127. The quantitative estimate of drug-likeness (QED) is 0.227. The van der Waals surface area contributed by atoms with Crippen molar-refractivity contribution in [3.63, 3.8) is 0 Å². The van der Waals surface area contributed by atoms with E-state index < -0.39 is 0 Å². The maximum absolute atomic E-state index is 14.2. The number of likely N-dealkylation sites (tertiary alicyclic amines) is 1. The summed E-state index contributed by atoms with van der Waals surface area (Å²) in [6.45, 7) is 6.85. The fourth-order valence-electron chi connectivity index (χ4n) is 3.93. The highest BCUT2D eigenvalue weighted by Crippen LogP contribution is 2.44. The van der Waals surface area contributed by atoms with Crippen molar-refractivity contribution in [3.8, 4) is 0 Å². The van der Waals surface area contributed by atoms with Crippen LogP contribution in [-0.2, 0) is 4.74 Å². The first kappa shape index (κ1) is 24.6. The monoisotopic (exact) mass is 538 g/mol. The molecule has 0 amide bonds. The molecule has 2 fully saturated rings. The van der Waals surface area contributed by atoms with Crippen LogP contribution in [-0.4, -0.2) is 62.8 Å². The zero-order valence-electron chi connectivity index (χ0n) is 17.3. The van der Waals surface area contributed by atoms with E-state index in [1.54, 1.807) is 19.2 Å². The topological polar surface area (TPSA) is 48.9 Å². The van der Waals surface area contributed by atoms with Gasteiger partial charge in [0.05, 0.1) is 0 Å². The molecule has 2 unspecified atom stereocenters. The van der Waals surface area contributed by atoms with Crippen LogP contribution < -0.4 is 10.6 Å². The van der Waals surface area contributed by atoms with Gasteiger partial charge >= 0.3 is 0 Å². The van der Waals surface area contributed by atoms with E-state index >= 15 is 0 Å². The van der Waals surface area contributed by atoms with Crippen LogP contribution in [0.25, 0.3) is 0 Å². The first-order valence-corrected chi connectivity index (χ1v) is 10.7. The van der Waals surface area contributed by atoms with Crippen LogP contribution in [0.3, 0.4) is 0 Å². The largest absolute Gasteiger partial charge is 0.385 e. The minimum Gasteiger partial charge on any atom is -0.385 e. The molecule has 0 radical (unpaired) electrons. The summed E-state index contributed by atoms with van der Waals surface area (Å²) >= 11 is 6.22. The third-order valence-electron chi connectivity index (χ3n) is 5.55. The molecule has 1 aliphatic heterocycles. The Labute approximate surface area is 195 Å². The van der Waals surface area contributed by atoms with E-state index in [4.69, 9.17) is 16.3 Å². The van der Waals surface area contributed by atoms with Crippen molar-refractivity contribution in [2.45, 2.75) is 50.6 Å². The predicted molar refractivity (Wildman–Crippen MR) is 128 cm³/mol. The van der Waals surface area contributed by atoms with E-state index in [1.165, 1.54) is 6.07 Å². The molecule has 0 aromatic heterocycles. The smallest absolute Gasteiger partial charge is 0.191 e. The van der Waals surface area contributed by atoms with Crippen molar-refractivity contribution in [2.24, 2.45) is 4.99 Å². The van der Waals surface area contributed by atoms with Crippen LogP contribution in [0.1, 0.15) is 44.1 Å². The Morgan fingerprint density at radius 1 is 1.31 bits per heavy atom. The number of aliphatic imine (C=N–C) groups is 1. The summed E-state index contributed by atoms with van der Waals surface area (Å²) in [4.78, 5) is 7.09. The van der Waals surface area contributed by atoms with Gasteiger partial charge in [-0.05, 0) is 44.7 Å². The SMILES string of the molecule is CCN=C(NC1CCN(CCCOC)CC1)NC1CC1c1c(F)cccc1Cl.I. The minimum absolute atomic E-state index is 0. The minimum atomic E-state index is -0.218. The van der Waals surface area contributed by atoms with E-state index in [2.05, 4.69) is 20.5 Å². The van der Waals surface area contributed by atoms with Gasteiger partial charge in [0.25, 0.3) is 0 Å². The van der Waals surface area contributed by atoms with Crippen molar-refractivity contribution in [1.29, 1.82) is 0 Å². The lowest BCUT2D eigenvalue weighted by Crippen LogP contribution is -2.49. The van der Waals surface area contributed by atoms with Gasteiger partial charge in [-0.3, -0.25) is 4.99 Å². The van der Waals surface area contributed by atoms with Gasteiger partial charge in [-0.15, -0.1) is 24.0 Å². The van der Waals surface area contributed by atoms with E-state index in [0.717, 1.165) is 57.9 Å². The van der Waals surface area contributed by atoms with E-state index in [-0.39, 0.29) is 41.8 Å². The number of piperidine rings is 1. The molecule has 0 spiro atoms. The highest BCUT2D eigenvalue weighted by Gasteiger charge is 2.42. The van der Waals surface area contributed by atoms with Crippen LogP contribution in [0, 0.1) is 5.82 Å². The molecule has 1 aromatic rings. The zero-order chi connectivity index (χ0) is 19.9. The van der Waals surface area contributed by atoms with Crippen molar-refractivity contribution in [1.82, 2.24) is 15.5 Å². The third-order valence-corrected chi connectivity index (χ3v) is 5.88. The van der Waals surface area contributed by atoms with Crippen molar-refractivity contribution < 1.29 is 9.13 Å². The summed E-state index contributed by atoms with van der Waals surface area (Å²) in [7, 11) is 1.75. The number of ether oxygens (including phenoxy) is 1. The summed E-state index contributed by atoms with van der Waals surface area (Å²) in [5.74, 6) is 0.727. The second kappa shape index (κ2) is 12.3. The Kier molecular flexibility index (Phi) is 10.4. The van der Waals surface area contributed by atoms with Gasteiger partial charge in [0, 0.05) is 68.5 Å². The molecule has 2 atom stereocenters. The summed E-state index contributed by atoms with van der Waals surface area (Å²) in [5, 5.41) is 7.57. The van der Waals surface area contributed by atoms with Gasteiger partial charge < -0.3 is 20.3 Å². The Bertz CT molecular complexity index is 650. The van der Waals surface area contributed by atoms with Gasteiger partial charge in [-0.25, -0.2) is 4.39 Å². The lowest BCUT2D eigenvalue weighted by molar-refractivity contribution is 0.155. The molecule has 8 heteroatoms. The molecule has 5 nitrogen and oxygen atoms in total. The van der Waals surface area contributed by atoms with Gasteiger partial charge in [0.15, 0.2) is 5.96 Å². The Morgan fingerprint density at radius 2 is 2.07 bits per heavy atom. The molecule has 3 rings (SSSR count). The fourth-order valence-corrected chi connectivity index (χ4v) is 4.24. The standard InChI is InChI=1S/C21H32ClFN4O.HI/c1-3-24-21(25-15-8-11-27(12-9-15)10-5-13-28-2)26-19-14-16(19)20-17(22)6-4-7-18(20)23;/h4,6-7,15-16,19H,3,5,8-14H2,1-2H3,(H2,24,25,26);1H. The second-order valence-electron chi connectivity index (χ2n) is 7.66. The highest BCUT2D eigenvalue weighted by molar-refractivity contribution is 14.0. The zero-order valence-corrected chi connectivity index (χ0v) is 20.4. The summed E-state index contributed by atoms with van der Waals surface area (Å²) in [6.07, 6.45) is 4.17. The number of nitrogens with zero attached hydrogens (tertiary/aromatic N) is 2. The van der Waals surface area contributed by atoms with E-state index in [0.29, 0.717) is 23.2 Å². The molecular formula is C21H33ClFIN4O. The van der Waals surface area contributed by atoms with Crippen LogP contribution in [0.4, 0.5) is 4.39 Å². The van der Waals surface area contributed by atoms with Crippen molar-refractivity contribution in [2.75, 3.05) is 39.9 Å². The third kappa shape index (κ3) is 7.22. The average molecular weight is 539 g/mol. The molecular weight excluding hydrogens is 506 g/mol. The van der Waals surface area contributed by atoms with Crippen molar-refractivity contribution >= 4 is 41.5 Å². The Balaban J connectivity index is 0.00000300. The van der Waals surface area contributed by atoms with Gasteiger partial charge in [0.2, 0.25) is 0 Å². The maximum Gasteiger partial charge on any atom is 0.191 e. The molecule has 164 valence electrons. The van der Waals surface area contributed by atoms with E-state index in [9.17, 15) is 4.39 Å². The number of halogens is 3. The number of nitrogens with one attached hydrogen (secondary N) is 2. The van der Waals surface area contributed by atoms with Crippen LogP contribution in [0.5, 0.6) is 0 Å². The number of methoxy groups -OCH3 is 1. The fraction of sp³-hybridized carbons (Fsp3) is 0.667. The molecule has 1 aliphatic carbocycles. The van der Waals surface area contributed by atoms with Crippen molar-refractivity contribution in [3.05, 3.63) is 34.6 Å². The van der Waals surface area contributed by atoms with Crippen LogP contribution >= 0.6 is 35.6 Å². The molecule has 1 saturated carbocycles. The molecule has 2 N–H and O–H groups in total. The van der Waals surface area contributed by atoms with Gasteiger partial charge in [0.1, 0.15) is 5.82 Å². The lowest BCUT2D eigenvalue weighted by Gasteiger charge is -2.33. The predicted octanol–water partition coefficient (Wildman–Crippen LogP) is 4.01. The number of benzene rings is 1. The van der Waals surface area contributed by atoms with Gasteiger partial charge in [-0.1, -0.05) is 17.7 Å². The molecule has 2 aliphatic rings. The van der Waals surface area contributed by atoms with Gasteiger partial charge in [-0.2, -0.15) is 0 Å². The number of guanidine groups is 1. The number of rotatable bonds is 8. The maximum atomic E-state index is 14.2. The second-order valence-corrected chi connectivity index (χ2v) is 8.07. The molecule has 1 heterocycles. The Morgan fingerprint density at radius 3 is 2.72 bits per heavy atom. The molecule has 1 saturated heterocycles. The first-order valence-electron chi connectivity index (χ1n) is 10.3. The molecule has 29 heavy (non-hydrogen) atoms. The lowest BCUT2D eigenvalue weighted by atomic mass is 10.1.